The quantitative estimate of drug-likeness (QED) is 0.604. The van der Waals surface area contributed by atoms with Crippen LogP contribution in [0.1, 0.15) is 30.4 Å². The van der Waals surface area contributed by atoms with Crippen LogP contribution in [0.4, 0.5) is 4.39 Å². The van der Waals surface area contributed by atoms with Crippen LogP contribution < -0.4 is 0 Å². The van der Waals surface area contributed by atoms with Gasteiger partial charge in [-0.15, -0.1) is 0 Å². The minimum atomic E-state index is -3.97. The van der Waals surface area contributed by atoms with E-state index in [1.165, 1.54) is 28.6 Å². The first kappa shape index (κ1) is 19.8. The fraction of sp³-hybridized carbons (Fsp3) is 0.318. The molecule has 0 saturated carbocycles. The van der Waals surface area contributed by atoms with Gasteiger partial charge in [-0.25, -0.2) is 12.8 Å². The Morgan fingerprint density at radius 2 is 2.03 bits per heavy atom. The second-order valence-electron chi connectivity index (χ2n) is 7.48. The summed E-state index contributed by atoms with van der Waals surface area (Å²) in [4.78, 5) is 12.8. The Labute approximate surface area is 169 Å². The van der Waals surface area contributed by atoms with E-state index in [0.29, 0.717) is 30.2 Å². The smallest absolute Gasteiger partial charge is 0.277 e. The van der Waals surface area contributed by atoms with Gasteiger partial charge in [0.15, 0.2) is 5.78 Å². The molecular formula is C22H22FNO4S. The lowest BCUT2D eigenvalue weighted by Gasteiger charge is -2.21. The maximum Gasteiger partial charge on any atom is 0.277 e. The Hall–Kier alpha value is -2.51. The molecule has 1 fully saturated rings. The minimum Gasteiger partial charge on any atom is -0.443 e. The Morgan fingerprint density at radius 3 is 2.83 bits per heavy atom. The standard InChI is InChI=1S/C22H22FNO4S/c1-15-4-2-5-16(12-15)7-9-20(25)19-6-3-11-24(19)29(26,27)22-14-17-13-18(23)8-10-21(17)28-22/h2,4-5,8,10,12-14,19H,3,6-7,9,11H2,1H3/t19-/m0/s1. The van der Waals surface area contributed by atoms with Crippen molar-refractivity contribution in [2.45, 2.75) is 43.7 Å². The third kappa shape index (κ3) is 3.97. The molecule has 3 aromatic rings. The fourth-order valence-electron chi connectivity index (χ4n) is 3.88. The van der Waals surface area contributed by atoms with Crippen molar-refractivity contribution in [1.82, 2.24) is 4.31 Å². The first-order valence-corrected chi connectivity index (χ1v) is 11.1. The van der Waals surface area contributed by atoms with E-state index in [9.17, 15) is 17.6 Å². The SMILES string of the molecule is Cc1cccc(CCC(=O)[C@@H]2CCCN2S(=O)(=O)c2cc3cc(F)ccc3o2)c1. The Balaban J connectivity index is 1.53. The normalized spacial score (nSPS) is 17.8. The molecule has 2 aromatic carbocycles. The first-order valence-electron chi connectivity index (χ1n) is 9.64. The zero-order valence-electron chi connectivity index (χ0n) is 16.1. The number of rotatable bonds is 6. The number of aryl methyl sites for hydroxylation is 2. The lowest BCUT2D eigenvalue weighted by molar-refractivity contribution is -0.122. The Kier molecular flexibility index (Phi) is 5.27. The van der Waals surface area contributed by atoms with Crippen LogP contribution in [0.25, 0.3) is 11.0 Å². The predicted octanol–water partition coefficient (Wildman–Crippen LogP) is 4.24. The van der Waals surface area contributed by atoms with E-state index >= 15 is 0 Å². The van der Waals surface area contributed by atoms with Crippen molar-refractivity contribution < 1.29 is 22.0 Å². The van der Waals surface area contributed by atoms with Gasteiger partial charge < -0.3 is 4.42 Å². The average molecular weight is 415 g/mol. The lowest BCUT2D eigenvalue weighted by atomic mass is 10.0. The van der Waals surface area contributed by atoms with Crippen molar-refractivity contribution in [3.05, 3.63) is 65.5 Å². The third-order valence-electron chi connectivity index (χ3n) is 5.34. The summed E-state index contributed by atoms with van der Waals surface area (Å²) < 4.78 is 46.3. The average Bonchev–Trinajstić information content (AvgIpc) is 3.33. The van der Waals surface area contributed by atoms with Gasteiger partial charge in [0, 0.05) is 24.4 Å². The molecular weight excluding hydrogens is 393 g/mol. The van der Waals surface area contributed by atoms with Crippen molar-refractivity contribution in [3.8, 4) is 0 Å². The number of fused-ring (bicyclic) bond motifs is 1. The summed E-state index contributed by atoms with van der Waals surface area (Å²) in [5.41, 5.74) is 2.48. The number of hydrogen-bond donors (Lipinski definition) is 0. The van der Waals surface area contributed by atoms with Crippen molar-refractivity contribution >= 4 is 26.8 Å². The van der Waals surface area contributed by atoms with Gasteiger partial charge in [0.1, 0.15) is 11.4 Å². The second-order valence-corrected chi connectivity index (χ2v) is 9.30. The third-order valence-corrected chi connectivity index (χ3v) is 7.10. The molecule has 152 valence electrons. The molecule has 0 unspecified atom stereocenters. The minimum absolute atomic E-state index is 0.0882. The number of halogens is 1. The summed E-state index contributed by atoms with van der Waals surface area (Å²) in [5, 5.41) is 0.126. The molecule has 29 heavy (non-hydrogen) atoms. The molecule has 1 aliphatic rings. The highest BCUT2D eigenvalue weighted by molar-refractivity contribution is 7.89. The number of carbonyl (C=O) groups excluding carboxylic acids is 1. The number of ketones is 1. The van der Waals surface area contributed by atoms with Crippen LogP contribution in [0.5, 0.6) is 0 Å². The summed E-state index contributed by atoms with van der Waals surface area (Å²) in [6.07, 6.45) is 1.98. The maximum absolute atomic E-state index is 13.4. The Morgan fingerprint density at radius 1 is 1.21 bits per heavy atom. The van der Waals surface area contributed by atoms with Crippen LogP contribution in [0.2, 0.25) is 0 Å². The molecule has 1 aromatic heterocycles. The zero-order valence-corrected chi connectivity index (χ0v) is 16.9. The van der Waals surface area contributed by atoms with Crippen molar-refractivity contribution in [1.29, 1.82) is 0 Å². The van der Waals surface area contributed by atoms with Crippen LogP contribution in [-0.4, -0.2) is 31.1 Å². The van der Waals surface area contributed by atoms with Gasteiger partial charge in [-0.2, -0.15) is 4.31 Å². The number of nitrogens with zero attached hydrogens (tertiary/aromatic N) is 1. The summed E-state index contributed by atoms with van der Waals surface area (Å²) in [6, 6.07) is 12.4. The summed E-state index contributed by atoms with van der Waals surface area (Å²) in [7, 11) is -3.97. The number of carbonyl (C=O) groups is 1. The largest absolute Gasteiger partial charge is 0.443 e. The number of Topliss-reactive ketones (excluding diaryl/α,β-unsaturated/α-hetero) is 1. The van der Waals surface area contributed by atoms with Crippen LogP contribution in [0.3, 0.4) is 0 Å². The summed E-state index contributed by atoms with van der Waals surface area (Å²) in [5.74, 6) is -0.553. The summed E-state index contributed by atoms with van der Waals surface area (Å²) in [6.45, 7) is 2.27. The highest BCUT2D eigenvalue weighted by Gasteiger charge is 2.40. The fourth-order valence-corrected chi connectivity index (χ4v) is 5.51. The van der Waals surface area contributed by atoms with Crippen LogP contribution in [0.15, 0.2) is 58.0 Å². The van der Waals surface area contributed by atoms with Gasteiger partial charge in [0.25, 0.3) is 10.0 Å². The van der Waals surface area contributed by atoms with Crippen LogP contribution in [0, 0.1) is 12.7 Å². The first-order chi connectivity index (χ1) is 13.8. The molecule has 5 nitrogen and oxygen atoms in total. The van der Waals surface area contributed by atoms with Gasteiger partial charge in [-0.1, -0.05) is 29.8 Å². The van der Waals surface area contributed by atoms with E-state index in [2.05, 4.69) is 0 Å². The number of sulfonamides is 1. The molecule has 1 aliphatic heterocycles. The maximum atomic E-state index is 13.4. The van der Waals surface area contributed by atoms with Gasteiger partial charge in [0.05, 0.1) is 6.04 Å². The monoisotopic (exact) mass is 415 g/mol. The molecule has 1 atom stereocenters. The van der Waals surface area contributed by atoms with Crippen molar-refractivity contribution in [3.63, 3.8) is 0 Å². The molecule has 0 amide bonds. The zero-order chi connectivity index (χ0) is 20.6. The van der Waals surface area contributed by atoms with Gasteiger partial charge in [0.2, 0.25) is 5.09 Å². The Bertz CT molecular complexity index is 1170. The molecule has 0 spiro atoms. The molecule has 7 heteroatoms. The number of benzene rings is 2. The molecule has 0 bridgehead atoms. The van der Waals surface area contributed by atoms with Gasteiger partial charge >= 0.3 is 0 Å². The van der Waals surface area contributed by atoms with Crippen molar-refractivity contribution in [2.75, 3.05) is 6.54 Å². The van der Waals surface area contributed by atoms with E-state index < -0.39 is 21.9 Å². The highest BCUT2D eigenvalue weighted by atomic mass is 32.2. The second kappa shape index (κ2) is 7.72. The van der Waals surface area contributed by atoms with E-state index in [1.54, 1.807) is 0 Å². The summed E-state index contributed by atoms with van der Waals surface area (Å²) >= 11 is 0. The van der Waals surface area contributed by atoms with E-state index in [4.69, 9.17) is 4.42 Å². The highest BCUT2D eigenvalue weighted by Crippen LogP contribution is 2.31. The topological polar surface area (TPSA) is 67.6 Å². The van der Waals surface area contributed by atoms with E-state index in [0.717, 1.165) is 11.1 Å². The van der Waals surface area contributed by atoms with E-state index in [-0.39, 0.29) is 23.8 Å². The molecule has 1 saturated heterocycles. The van der Waals surface area contributed by atoms with Gasteiger partial charge in [-0.05, 0) is 49.9 Å². The molecule has 4 rings (SSSR count). The lowest BCUT2D eigenvalue weighted by Crippen LogP contribution is -2.40. The van der Waals surface area contributed by atoms with Crippen LogP contribution in [-0.2, 0) is 21.2 Å². The predicted molar refractivity (Wildman–Crippen MR) is 108 cm³/mol. The molecule has 0 aliphatic carbocycles. The number of furan rings is 1. The molecule has 0 N–H and O–H groups in total. The molecule has 0 radical (unpaired) electrons. The van der Waals surface area contributed by atoms with Crippen LogP contribution >= 0.6 is 0 Å². The van der Waals surface area contributed by atoms with Gasteiger partial charge in [-0.3, -0.25) is 4.79 Å². The molecule has 2 heterocycles. The van der Waals surface area contributed by atoms with Crippen molar-refractivity contribution in [2.24, 2.45) is 0 Å². The van der Waals surface area contributed by atoms with E-state index in [1.807, 2.05) is 31.2 Å². The number of hydrogen-bond acceptors (Lipinski definition) is 4.